The minimum atomic E-state index is -1.86. The molecule has 0 bridgehead atoms. The highest BCUT2D eigenvalue weighted by Crippen LogP contribution is 2.47. The first kappa shape index (κ1) is 32.2. The van der Waals surface area contributed by atoms with Crippen LogP contribution in [-0.2, 0) is 20.6 Å². The first-order valence-electron chi connectivity index (χ1n) is 13.5. The molecule has 44 heavy (non-hydrogen) atoms. The van der Waals surface area contributed by atoms with Gasteiger partial charge in [-0.2, -0.15) is 0 Å². The molecule has 5 rings (SSSR count). The van der Waals surface area contributed by atoms with Gasteiger partial charge in [-0.15, -0.1) is 0 Å². The highest BCUT2D eigenvalue weighted by molar-refractivity contribution is 5.55. The van der Waals surface area contributed by atoms with E-state index in [0.717, 1.165) is 18.2 Å². The van der Waals surface area contributed by atoms with Crippen molar-refractivity contribution in [3.8, 4) is 34.5 Å². The van der Waals surface area contributed by atoms with Gasteiger partial charge in [0.15, 0.2) is 23.9 Å². The van der Waals surface area contributed by atoms with Crippen LogP contribution in [0, 0.1) is 0 Å². The minimum Gasteiger partial charge on any atom is -0.508 e. The molecule has 2 aromatic rings. The molecule has 2 aromatic carbocycles. The Kier molecular flexibility index (Phi) is 9.26. The lowest BCUT2D eigenvalue weighted by atomic mass is 9.93. The van der Waals surface area contributed by atoms with Crippen LogP contribution in [0.15, 0.2) is 24.3 Å². The molecule has 17 heteroatoms. The fourth-order valence-electron chi connectivity index (χ4n) is 5.36. The highest BCUT2D eigenvalue weighted by atomic mass is 16.7. The van der Waals surface area contributed by atoms with Gasteiger partial charge in [0.05, 0.1) is 13.2 Å². The molecule has 2 fully saturated rings. The third-order valence-corrected chi connectivity index (χ3v) is 7.82. The maximum Gasteiger partial charge on any atom is 0.229 e. The number of benzene rings is 2. The van der Waals surface area contributed by atoms with Gasteiger partial charge >= 0.3 is 0 Å². The van der Waals surface area contributed by atoms with Crippen LogP contribution in [-0.4, -0.2) is 142 Å². The Labute approximate surface area is 248 Å². The largest absolute Gasteiger partial charge is 0.508 e. The smallest absolute Gasteiger partial charge is 0.229 e. The predicted octanol–water partition coefficient (Wildman–Crippen LogP) is -3.45. The number of phenols is 4. The van der Waals surface area contributed by atoms with Crippen molar-refractivity contribution in [2.75, 3.05) is 13.2 Å². The Balaban J connectivity index is 1.50. The number of aliphatic hydroxyl groups excluding tert-OH is 8. The van der Waals surface area contributed by atoms with Gasteiger partial charge in [-0.1, -0.05) is 0 Å². The van der Waals surface area contributed by atoms with Crippen molar-refractivity contribution in [3.05, 3.63) is 35.4 Å². The maximum atomic E-state index is 10.6. The third-order valence-electron chi connectivity index (χ3n) is 7.82. The molecular weight excluding hydrogens is 596 g/mol. The van der Waals surface area contributed by atoms with Gasteiger partial charge in [-0.3, -0.25) is 0 Å². The molecule has 244 valence electrons. The normalized spacial score (nSPS) is 37.2. The van der Waals surface area contributed by atoms with Gasteiger partial charge in [0.1, 0.15) is 72.2 Å². The van der Waals surface area contributed by atoms with Crippen LogP contribution in [0.25, 0.3) is 0 Å². The van der Waals surface area contributed by atoms with Crippen molar-refractivity contribution in [1.82, 2.24) is 0 Å². The Morgan fingerprint density at radius 2 is 1.27 bits per heavy atom. The fraction of sp³-hybridized carbons (Fsp3) is 0.556. The minimum absolute atomic E-state index is 0.00915. The van der Waals surface area contributed by atoms with Crippen molar-refractivity contribution in [3.63, 3.8) is 0 Å². The van der Waals surface area contributed by atoms with Crippen LogP contribution in [0.1, 0.15) is 17.2 Å². The number of ether oxygens (including phenoxy) is 5. The SMILES string of the molecule is OCC1OC(Oc2cc(C3Oc4cc(O)cc(O)c4CC3OC3OC(CO)C(O)C(O)C3O)cc(O)c2O)C(O)C(O)C1O. The quantitative estimate of drug-likeness (QED) is 0.132. The average molecular weight is 631 g/mol. The number of hydrogen-bond acceptors (Lipinski definition) is 17. The van der Waals surface area contributed by atoms with E-state index < -0.39 is 104 Å². The summed E-state index contributed by atoms with van der Waals surface area (Å²) in [5.41, 5.74) is 0.178. The highest BCUT2D eigenvalue weighted by Gasteiger charge is 2.48. The molecule has 3 heterocycles. The predicted molar refractivity (Wildman–Crippen MR) is 140 cm³/mol. The number of phenolic OH excluding ortho intramolecular Hbond substituents is 4. The topological polar surface area (TPSA) is 289 Å². The van der Waals surface area contributed by atoms with Crippen molar-refractivity contribution in [1.29, 1.82) is 0 Å². The van der Waals surface area contributed by atoms with E-state index in [1.54, 1.807) is 0 Å². The van der Waals surface area contributed by atoms with Crippen molar-refractivity contribution in [2.24, 2.45) is 0 Å². The van der Waals surface area contributed by atoms with E-state index >= 15 is 0 Å². The van der Waals surface area contributed by atoms with Gasteiger partial charge in [-0.05, 0) is 12.1 Å². The summed E-state index contributed by atoms with van der Waals surface area (Å²) in [6.07, 6.45) is -19.3. The Morgan fingerprint density at radius 3 is 1.89 bits per heavy atom. The zero-order valence-electron chi connectivity index (χ0n) is 22.8. The molecule has 2 saturated heterocycles. The van der Waals surface area contributed by atoms with E-state index in [-0.39, 0.29) is 34.8 Å². The van der Waals surface area contributed by atoms with Crippen LogP contribution < -0.4 is 9.47 Å². The molecule has 0 saturated carbocycles. The Hall–Kier alpha value is -3.20. The molecule has 3 aliphatic rings. The molecule has 0 aliphatic carbocycles. The fourth-order valence-corrected chi connectivity index (χ4v) is 5.36. The number of fused-ring (bicyclic) bond motifs is 1. The molecule has 17 nitrogen and oxygen atoms in total. The van der Waals surface area contributed by atoms with Crippen LogP contribution in [0.3, 0.4) is 0 Å². The Morgan fingerprint density at radius 1 is 0.682 bits per heavy atom. The summed E-state index contributed by atoms with van der Waals surface area (Å²) in [4.78, 5) is 0. The number of hydrogen-bond donors (Lipinski definition) is 12. The number of rotatable bonds is 7. The van der Waals surface area contributed by atoms with Gasteiger partial charge in [0.25, 0.3) is 0 Å². The lowest BCUT2D eigenvalue weighted by Gasteiger charge is -2.43. The zero-order valence-corrected chi connectivity index (χ0v) is 22.8. The first-order chi connectivity index (χ1) is 20.8. The van der Waals surface area contributed by atoms with E-state index in [1.807, 2.05) is 0 Å². The Bertz CT molecular complexity index is 1320. The van der Waals surface area contributed by atoms with Crippen molar-refractivity contribution < 1.29 is 85.0 Å². The second-order valence-electron chi connectivity index (χ2n) is 10.8. The second kappa shape index (κ2) is 12.7. The van der Waals surface area contributed by atoms with E-state index in [4.69, 9.17) is 23.7 Å². The van der Waals surface area contributed by atoms with Crippen LogP contribution in [0.4, 0.5) is 0 Å². The standard InChI is InChI=1S/C27H34O17/c28-6-16-19(34)21(36)23(38)26(43-16)41-14-2-8(1-12(32)18(14)33)25-15(5-10-11(31)3-9(30)4-13(10)40-25)42-27-24(39)22(37)20(35)17(7-29)44-27/h1-4,15-17,19-39H,5-7H2. The van der Waals surface area contributed by atoms with E-state index in [2.05, 4.69) is 0 Å². The summed E-state index contributed by atoms with van der Waals surface area (Å²) < 4.78 is 28.3. The zero-order chi connectivity index (χ0) is 32.0. The lowest BCUT2D eigenvalue weighted by Crippen LogP contribution is -2.60. The summed E-state index contributed by atoms with van der Waals surface area (Å²) in [5, 5.41) is 122. The molecule has 0 spiro atoms. The number of aliphatic hydroxyl groups is 8. The van der Waals surface area contributed by atoms with Gasteiger partial charge in [0.2, 0.25) is 12.0 Å². The third kappa shape index (κ3) is 5.92. The van der Waals surface area contributed by atoms with Crippen LogP contribution >= 0.6 is 0 Å². The van der Waals surface area contributed by atoms with Crippen molar-refractivity contribution >= 4 is 0 Å². The second-order valence-corrected chi connectivity index (χ2v) is 10.8. The molecular formula is C27H34O17. The molecule has 12 atom stereocenters. The van der Waals surface area contributed by atoms with Gasteiger partial charge in [-0.25, -0.2) is 0 Å². The molecule has 3 aliphatic heterocycles. The lowest BCUT2D eigenvalue weighted by molar-refractivity contribution is -0.317. The summed E-state index contributed by atoms with van der Waals surface area (Å²) in [6, 6.07) is 4.43. The molecule has 12 unspecified atom stereocenters. The molecule has 0 amide bonds. The first-order valence-corrected chi connectivity index (χ1v) is 13.5. The maximum absolute atomic E-state index is 10.6. The molecule has 0 radical (unpaired) electrons. The monoisotopic (exact) mass is 630 g/mol. The van der Waals surface area contributed by atoms with E-state index in [0.29, 0.717) is 0 Å². The van der Waals surface area contributed by atoms with Crippen LogP contribution in [0.2, 0.25) is 0 Å². The summed E-state index contributed by atoms with van der Waals surface area (Å²) in [6.45, 7) is -1.49. The summed E-state index contributed by atoms with van der Waals surface area (Å²) in [5.74, 6) is -2.84. The number of aromatic hydroxyl groups is 4. The summed E-state index contributed by atoms with van der Waals surface area (Å²) >= 11 is 0. The van der Waals surface area contributed by atoms with Gasteiger partial charge in [0, 0.05) is 29.7 Å². The summed E-state index contributed by atoms with van der Waals surface area (Å²) in [7, 11) is 0. The van der Waals surface area contributed by atoms with Gasteiger partial charge < -0.3 is 85.0 Å². The van der Waals surface area contributed by atoms with E-state index in [1.165, 1.54) is 6.07 Å². The van der Waals surface area contributed by atoms with Crippen molar-refractivity contribution in [2.45, 2.75) is 80.0 Å². The van der Waals surface area contributed by atoms with E-state index in [9.17, 15) is 61.3 Å². The molecule has 12 N–H and O–H groups in total. The van der Waals surface area contributed by atoms with Crippen LogP contribution in [0.5, 0.6) is 34.5 Å². The molecule has 0 aromatic heterocycles. The average Bonchev–Trinajstić information content (AvgIpc) is 2.99.